The van der Waals surface area contributed by atoms with Crippen LogP contribution in [-0.4, -0.2) is 32.6 Å². The molecule has 0 saturated heterocycles. The van der Waals surface area contributed by atoms with E-state index in [1.54, 1.807) is 7.11 Å². The molecule has 0 aromatic heterocycles. The summed E-state index contributed by atoms with van der Waals surface area (Å²) in [6.07, 6.45) is -3.10. The van der Waals surface area contributed by atoms with Gasteiger partial charge >= 0.3 is 6.18 Å². The number of alkyl halides is 3. The van der Waals surface area contributed by atoms with Crippen molar-refractivity contribution >= 4 is 5.71 Å². The van der Waals surface area contributed by atoms with Crippen LogP contribution in [0.4, 0.5) is 13.2 Å². The highest BCUT2D eigenvalue weighted by Gasteiger charge is 2.30. The van der Waals surface area contributed by atoms with Crippen molar-refractivity contribution in [3.8, 4) is 0 Å². The van der Waals surface area contributed by atoms with Crippen LogP contribution >= 0.6 is 0 Å². The van der Waals surface area contributed by atoms with Gasteiger partial charge in [0.1, 0.15) is 6.61 Å². The van der Waals surface area contributed by atoms with E-state index < -0.39 is 11.7 Å². The Morgan fingerprint density at radius 1 is 1.19 bits per heavy atom. The van der Waals surface area contributed by atoms with Crippen LogP contribution in [0, 0.1) is 0 Å². The van der Waals surface area contributed by atoms with Gasteiger partial charge in [-0.1, -0.05) is 17.3 Å². The molecule has 0 bridgehead atoms. The first-order valence-electron chi connectivity index (χ1n) is 6.54. The van der Waals surface area contributed by atoms with Gasteiger partial charge in [-0.25, -0.2) is 0 Å². The molecule has 0 aliphatic heterocycles. The van der Waals surface area contributed by atoms with Gasteiger partial charge in [0, 0.05) is 20.3 Å². The average molecular weight is 304 g/mol. The fraction of sp³-hybridized carbons (Fsp3) is 0.500. The Kier molecular flexibility index (Phi) is 7.18. The average Bonchev–Trinajstić information content (AvgIpc) is 2.45. The van der Waals surface area contributed by atoms with Crippen molar-refractivity contribution in [2.75, 3.05) is 26.9 Å². The van der Waals surface area contributed by atoms with Gasteiger partial charge in [-0.2, -0.15) is 13.2 Å². The van der Waals surface area contributed by atoms with E-state index in [0.717, 1.165) is 12.1 Å². The lowest BCUT2D eigenvalue weighted by molar-refractivity contribution is -0.137. The molecule has 0 heterocycles. The monoisotopic (exact) mass is 304 g/mol. The number of nitrogens with zero attached hydrogens (tertiary/aromatic N) is 1. The number of hydrogen-bond donors (Lipinski definition) is 1. The van der Waals surface area contributed by atoms with Crippen LogP contribution in [0.5, 0.6) is 0 Å². The number of hydrogen-bond acceptors (Lipinski definition) is 4. The first-order chi connectivity index (χ1) is 9.99. The summed E-state index contributed by atoms with van der Waals surface area (Å²) in [5.74, 6) is 0. The molecule has 7 heteroatoms. The molecule has 0 atom stereocenters. The van der Waals surface area contributed by atoms with Crippen LogP contribution in [0.2, 0.25) is 0 Å². The zero-order valence-electron chi connectivity index (χ0n) is 11.8. The molecule has 0 unspecified atom stereocenters. The summed E-state index contributed by atoms with van der Waals surface area (Å²) in [7, 11) is 1.58. The molecule has 1 rings (SSSR count). The number of methoxy groups -OCH3 is 1. The molecule has 0 fully saturated rings. The van der Waals surface area contributed by atoms with E-state index in [2.05, 4.69) is 5.16 Å². The lowest BCUT2D eigenvalue weighted by Crippen LogP contribution is -2.10. The first kappa shape index (κ1) is 17.5. The lowest BCUT2D eigenvalue weighted by atomic mass is 10.0. The van der Waals surface area contributed by atoms with Crippen molar-refractivity contribution in [1.82, 2.24) is 0 Å². The molecule has 0 spiro atoms. The second kappa shape index (κ2) is 8.63. The summed E-state index contributed by atoms with van der Waals surface area (Å²) in [5, 5.41) is 3.95. The molecule has 0 radical (unpaired) electrons. The maximum Gasteiger partial charge on any atom is 0.416 e. The highest BCUT2D eigenvalue weighted by atomic mass is 19.4. The van der Waals surface area contributed by atoms with Crippen LogP contribution in [0.15, 0.2) is 29.4 Å². The fourth-order valence-corrected chi connectivity index (χ4v) is 1.65. The van der Waals surface area contributed by atoms with Gasteiger partial charge in [-0.15, -0.1) is 0 Å². The minimum absolute atomic E-state index is 0.258. The van der Waals surface area contributed by atoms with Crippen LogP contribution in [0.1, 0.15) is 24.0 Å². The quantitative estimate of drug-likeness (QED) is 0.456. The van der Waals surface area contributed by atoms with E-state index >= 15 is 0 Å². The minimum Gasteiger partial charge on any atom is -0.394 e. The van der Waals surface area contributed by atoms with Gasteiger partial charge in [0.2, 0.25) is 0 Å². The standard InChI is InChI=1S/C14H19F3N2O2/c1-20-9-2-3-13(19-21-10-8-18)11-4-6-12(7-5-11)14(15,16)17/h4-7H,2-3,8-10,18H2,1H3. The van der Waals surface area contributed by atoms with Crippen LogP contribution in [0.25, 0.3) is 0 Å². The highest BCUT2D eigenvalue weighted by Crippen LogP contribution is 2.29. The number of oxime groups is 1. The lowest BCUT2D eigenvalue weighted by Gasteiger charge is -2.09. The number of ether oxygens (including phenoxy) is 1. The Labute approximate surface area is 121 Å². The summed E-state index contributed by atoms with van der Waals surface area (Å²) < 4.78 is 42.5. The van der Waals surface area contributed by atoms with Gasteiger partial charge in [0.25, 0.3) is 0 Å². The molecule has 0 amide bonds. The Morgan fingerprint density at radius 3 is 2.38 bits per heavy atom. The smallest absolute Gasteiger partial charge is 0.394 e. The third kappa shape index (κ3) is 6.14. The second-order valence-electron chi connectivity index (χ2n) is 4.33. The number of rotatable bonds is 8. The number of halogens is 3. The van der Waals surface area contributed by atoms with Gasteiger partial charge in [0.15, 0.2) is 0 Å². The van der Waals surface area contributed by atoms with Crippen molar-refractivity contribution < 1.29 is 22.7 Å². The largest absolute Gasteiger partial charge is 0.416 e. The van der Waals surface area contributed by atoms with Crippen molar-refractivity contribution in [3.05, 3.63) is 35.4 Å². The predicted octanol–water partition coefficient (Wildman–Crippen LogP) is 2.81. The summed E-state index contributed by atoms with van der Waals surface area (Å²) in [6, 6.07) is 4.84. The molecular weight excluding hydrogens is 285 g/mol. The predicted molar refractivity (Wildman–Crippen MR) is 74.1 cm³/mol. The Morgan fingerprint density at radius 2 is 1.86 bits per heavy atom. The van der Waals surface area contributed by atoms with Crippen molar-refractivity contribution in [1.29, 1.82) is 0 Å². The van der Waals surface area contributed by atoms with E-state index in [1.165, 1.54) is 12.1 Å². The minimum atomic E-state index is -4.35. The van der Waals surface area contributed by atoms with Gasteiger partial charge in [-0.3, -0.25) is 0 Å². The van der Waals surface area contributed by atoms with Gasteiger partial charge in [0.05, 0.1) is 11.3 Å². The normalized spacial score (nSPS) is 12.5. The van der Waals surface area contributed by atoms with E-state index in [4.69, 9.17) is 15.3 Å². The summed E-state index contributed by atoms with van der Waals surface area (Å²) in [6.45, 7) is 1.12. The van der Waals surface area contributed by atoms with E-state index in [1.807, 2.05) is 0 Å². The van der Waals surface area contributed by atoms with E-state index in [-0.39, 0.29) is 6.61 Å². The third-order valence-electron chi connectivity index (χ3n) is 2.69. The molecule has 21 heavy (non-hydrogen) atoms. The molecular formula is C14H19F3N2O2. The van der Waals surface area contributed by atoms with Crippen LogP contribution < -0.4 is 5.73 Å². The molecule has 2 N–H and O–H groups in total. The molecule has 0 saturated carbocycles. The second-order valence-corrected chi connectivity index (χ2v) is 4.33. The maximum atomic E-state index is 12.5. The highest BCUT2D eigenvalue weighted by molar-refractivity contribution is 6.00. The van der Waals surface area contributed by atoms with E-state index in [0.29, 0.717) is 37.3 Å². The zero-order valence-corrected chi connectivity index (χ0v) is 11.8. The third-order valence-corrected chi connectivity index (χ3v) is 2.69. The fourth-order valence-electron chi connectivity index (χ4n) is 1.65. The number of benzene rings is 1. The van der Waals surface area contributed by atoms with Gasteiger partial charge in [-0.05, 0) is 30.5 Å². The molecule has 0 aliphatic rings. The SMILES string of the molecule is COCCCC(=NOCCN)c1ccc(C(F)(F)F)cc1. The van der Waals surface area contributed by atoms with Crippen molar-refractivity contribution in [2.24, 2.45) is 10.9 Å². The Balaban J connectivity index is 2.83. The molecule has 1 aromatic rings. The number of nitrogens with two attached hydrogens (primary N) is 1. The van der Waals surface area contributed by atoms with Crippen LogP contribution in [-0.2, 0) is 15.8 Å². The van der Waals surface area contributed by atoms with Crippen molar-refractivity contribution in [2.45, 2.75) is 19.0 Å². The Hall–Kier alpha value is -1.60. The molecule has 4 nitrogen and oxygen atoms in total. The first-order valence-corrected chi connectivity index (χ1v) is 6.54. The topological polar surface area (TPSA) is 56.8 Å². The van der Waals surface area contributed by atoms with Crippen molar-refractivity contribution in [3.63, 3.8) is 0 Å². The van der Waals surface area contributed by atoms with Crippen LogP contribution in [0.3, 0.4) is 0 Å². The molecule has 1 aromatic carbocycles. The molecule has 0 aliphatic carbocycles. The van der Waals surface area contributed by atoms with Gasteiger partial charge < -0.3 is 15.3 Å². The summed E-state index contributed by atoms with van der Waals surface area (Å²) in [5.41, 5.74) is 5.79. The summed E-state index contributed by atoms with van der Waals surface area (Å²) in [4.78, 5) is 5.03. The molecule has 118 valence electrons. The Bertz CT molecular complexity index is 445. The maximum absolute atomic E-state index is 12.5. The zero-order chi connectivity index (χ0) is 15.7. The summed E-state index contributed by atoms with van der Waals surface area (Å²) >= 11 is 0. The van der Waals surface area contributed by atoms with E-state index in [9.17, 15) is 13.2 Å².